The van der Waals surface area contributed by atoms with Crippen LogP contribution in [-0.4, -0.2) is 38.2 Å². The molecule has 1 aliphatic carbocycles. The van der Waals surface area contributed by atoms with E-state index in [4.69, 9.17) is 9.47 Å². The molecule has 1 aliphatic rings. The van der Waals surface area contributed by atoms with Crippen LogP contribution in [0.15, 0.2) is 22.5 Å². The number of hydrogen-bond donors (Lipinski definition) is 2. The van der Waals surface area contributed by atoms with E-state index in [1.807, 2.05) is 0 Å². The van der Waals surface area contributed by atoms with Gasteiger partial charge in [0.05, 0.1) is 24.4 Å². The van der Waals surface area contributed by atoms with E-state index in [2.05, 4.69) is 24.5 Å². The van der Waals surface area contributed by atoms with Crippen molar-refractivity contribution < 1.29 is 19.1 Å². The molecule has 0 atom stereocenters. The van der Waals surface area contributed by atoms with Gasteiger partial charge >= 0.3 is 11.9 Å². The molecule has 0 aromatic rings. The van der Waals surface area contributed by atoms with Crippen molar-refractivity contribution in [3.8, 4) is 0 Å². The molecule has 0 saturated carbocycles. The number of hydrogen-bond acceptors (Lipinski definition) is 6. The van der Waals surface area contributed by atoms with Gasteiger partial charge in [0.2, 0.25) is 0 Å². The highest BCUT2D eigenvalue weighted by Gasteiger charge is 2.29. The molecule has 6 nitrogen and oxygen atoms in total. The number of esters is 2. The van der Waals surface area contributed by atoms with Crippen molar-refractivity contribution >= 4 is 11.9 Å². The Kier molecular flexibility index (Phi) is 8.97. The van der Waals surface area contributed by atoms with Crippen LogP contribution in [0, 0.1) is 0 Å². The lowest BCUT2D eigenvalue weighted by atomic mass is 9.92. The molecule has 0 aromatic heterocycles. The van der Waals surface area contributed by atoms with Crippen molar-refractivity contribution in [3.63, 3.8) is 0 Å². The third-order valence-corrected chi connectivity index (χ3v) is 3.66. The average molecular weight is 338 g/mol. The molecule has 24 heavy (non-hydrogen) atoms. The highest BCUT2D eigenvalue weighted by atomic mass is 16.5. The first-order valence-electron chi connectivity index (χ1n) is 8.84. The van der Waals surface area contributed by atoms with E-state index in [0.717, 1.165) is 37.3 Å². The topological polar surface area (TPSA) is 76.7 Å². The maximum atomic E-state index is 12.3. The van der Waals surface area contributed by atoms with Crippen LogP contribution in [0.25, 0.3) is 0 Å². The van der Waals surface area contributed by atoms with Gasteiger partial charge in [-0.1, -0.05) is 13.8 Å². The lowest BCUT2D eigenvalue weighted by Crippen LogP contribution is -2.30. The standard InChI is InChI=1S/C18H30N2O4/c1-5-9-19-15-11-14(18(22)24-8-4)16(20-10-6-2)12-13(15)17(21)23-7-3/h19-20H,5-12H2,1-4H3. The first-order valence-corrected chi connectivity index (χ1v) is 8.84. The third-order valence-electron chi connectivity index (χ3n) is 3.66. The molecule has 0 spiro atoms. The van der Waals surface area contributed by atoms with E-state index in [1.54, 1.807) is 13.8 Å². The number of carbonyl (C=O) groups excluding carboxylic acids is 2. The van der Waals surface area contributed by atoms with E-state index in [-0.39, 0.29) is 11.9 Å². The van der Waals surface area contributed by atoms with Crippen molar-refractivity contribution in [3.05, 3.63) is 22.5 Å². The number of nitrogens with one attached hydrogen (secondary N) is 2. The van der Waals surface area contributed by atoms with Gasteiger partial charge < -0.3 is 20.1 Å². The average Bonchev–Trinajstić information content (AvgIpc) is 2.58. The van der Waals surface area contributed by atoms with Gasteiger partial charge in [0, 0.05) is 37.3 Å². The highest BCUT2D eigenvalue weighted by molar-refractivity contribution is 5.95. The molecule has 0 aliphatic heterocycles. The van der Waals surface area contributed by atoms with Crippen molar-refractivity contribution in [1.82, 2.24) is 10.6 Å². The fourth-order valence-corrected chi connectivity index (χ4v) is 2.50. The number of ether oxygens (including phenoxy) is 2. The molecule has 0 radical (unpaired) electrons. The van der Waals surface area contributed by atoms with Gasteiger partial charge in [-0.3, -0.25) is 0 Å². The summed E-state index contributed by atoms with van der Waals surface area (Å²) in [6, 6.07) is 0. The zero-order valence-electron chi connectivity index (χ0n) is 15.3. The summed E-state index contributed by atoms with van der Waals surface area (Å²) >= 11 is 0. The smallest absolute Gasteiger partial charge is 0.336 e. The second-order valence-corrected chi connectivity index (χ2v) is 5.56. The Morgan fingerprint density at radius 1 is 0.792 bits per heavy atom. The monoisotopic (exact) mass is 338 g/mol. The lowest BCUT2D eigenvalue weighted by Gasteiger charge is -2.25. The molecule has 2 N–H and O–H groups in total. The summed E-state index contributed by atoms with van der Waals surface area (Å²) in [4.78, 5) is 24.6. The van der Waals surface area contributed by atoms with Gasteiger partial charge in [-0.15, -0.1) is 0 Å². The third kappa shape index (κ3) is 5.58. The lowest BCUT2D eigenvalue weighted by molar-refractivity contribution is -0.140. The fourth-order valence-electron chi connectivity index (χ4n) is 2.50. The molecule has 1 rings (SSSR count). The summed E-state index contributed by atoms with van der Waals surface area (Å²) in [7, 11) is 0. The van der Waals surface area contributed by atoms with E-state index in [1.165, 1.54) is 0 Å². The SMILES string of the molecule is CCCNC1=C(C(=O)OCC)CC(NCCC)=C(C(=O)OCC)C1. The van der Waals surface area contributed by atoms with E-state index in [9.17, 15) is 9.59 Å². The van der Waals surface area contributed by atoms with E-state index < -0.39 is 0 Å². The molecular weight excluding hydrogens is 308 g/mol. The summed E-state index contributed by atoms with van der Waals surface area (Å²) in [6.45, 7) is 9.82. The molecule has 0 bridgehead atoms. The van der Waals surface area contributed by atoms with Crippen LogP contribution >= 0.6 is 0 Å². The maximum Gasteiger partial charge on any atom is 0.336 e. The zero-order valence-corrected chi connectivity index (χ0v) is 15.3. The molecular formula is C18H30N2O4. The predicted octanol–water partition coefficient (Wildman–Crippen LogP) is 2.41. The highest BCUT2D eigenvalue weighted by Crippen LogP contribution is 2.29. The second kappa shape index (κ2) is 10.7. The minimum Gasteiger partial charge on any atom is -0.463 e. The van der Waals surface area contributed by atoms with Crippen molar-refractivity contribution in [2.45, 2.75) is 53.4 Å². The molecule has 0 fully saturated rings. The zero-order chi connectivity index (χ0) is 17.9. The van der Waals surface area contributed by atoms with Gasteiger partial charge in [0.25, 0.3) is 0 Å². The van der Waals surface area contributed by atoms with Gasteiger partial charge in [-0.05, 0) is 26.7 Å². The Morgan fingerprint density at radius 2 is 1.17 bits per heavy atom. The van der Waals surface area contributed by atoms with Crippen LogP contribution in [0.2, 0.25) is 0 Å². The summed E-state index contributed by atoms with van der Waals surface area (Å²) < 4.78 is 10.4. The number of rotatable bonds is 10. The molecule has 6 heteroatoms. The van der Waals surface area contributed by atoms with Crippen molar-refractivity contribution in [1.29, 1.82) is 0 Å². The van der Waals surface area contributed by atoms with Gasteiger partial charge in [-0.25, -0.2) is 9.59 Å². The van der Waals surface area contributed by atoms with Gasteiger partial charge in [0.1, 0.15) is 0 Å². The second-order valence-electron chi connectivity index (χ2n) is 5.56. The minimum absolute atomic E-state index is 0.324. The summed E-state index contributed by atoms with van der Waals surface area (Å²) in [5.41, 5.74) is 2.72. The van der Waals surface area contributed by atoms with E-state index >= 15 is 0 Å². The number of allylic oxidation sites excluding steroid dienone is 2. The maximum absolute atomic E-state index is 12.3. The van der Waals surface area contributed by atoms with Crippen LogP contribution < -0.4 is 10.6 Å². The summed E-state index contributed by atoms with van der Waals surface area (Å²) in [5, 5.41) is 6.55. The molecule has 0 heterocycles. The predicted molar refractivity (Wildman–Crippen MR) is 93.1 cm³/mol. The van der Waals surface area contributed by atoms with E-state index in [0.29, 0.717) is 37.2 Å². The Balaban J connectivity index is 3.11. The molecule has 0 aromatic carbocycles. The minimum atomic E-state index is -0.324. The largest absolute Gasteiger partial charge is 0.463 e. The first kappa shape index (κ1) is 20.1. The Bertz CT molecular complexity index is 463. The van der Waals surface area contributed by atoms with Gasteiger partial charge in [0.15, 0.2) is 0 Å². The molecule has 0 saturated heterocycles. The summed E-state index contributed by atoms with van der Waals surface area (Å²) in [5.74, 6) is -0.648. The normalized spacial score (nSPS) is 14.5. The number of carbonyl (C=O) groups is 2. The van der Waals surface area contributed by atoms with Crippen LogP contribution in [-0.2, 0) is 19.1 Å². The molecule has 0 amide bonds. The Morgan fingerprint density at radius 3 is 1.46 bits per heavy atom. The molecule has 0 unspecified atom stereocenters. The molecule has 136 valence electrons. The van der Waals surface area contributed by atoms with Crippen molar-refractivity contribution in [2.24, 2.45) is 0 Å². The summed E-state index contributed by atoms with van der Waals surface area (Å²) in [6.07, 6.45) is 2.58. The van der Waals surface area contributed by atoms with Crippen LogP contribution in [0.4, 0.5) is 0 Å². The quantitative estimate of drug-likeness (QED) is 0.596. The van der Waals surface area contributed by atoms with Crippen molar-refractivity contribution in [2.75, 3.05) is 26.3 Å². The van der Waals surface area contributed by atoms with Crippen LogP contribution in [0.3, 0.4) is 0 Å². The van der Waals surface area contributed by atoms with Crippen LogP contribution in [0.1, 0.15) is 53.4 Å². The fraction of sp³-hybridized carbons (Fsp3) is 0.667. The Hall–Kier alpha value is -1.98. The Labute approximate surface area is 144 Å². The first-order chi connectivity index (χ1) is 11.6. The van der Waals surface area contributed by atoms with Crippen LogP contribution in [0.5, 0.6) is 0 Å². The van der Waals surface area contributed by atoms with Gasteiger partial charge in [-0.2, -0.15) is 0 Å².